The molecule has 4 unspecified atom stereocenters. The molecule has 39 heavy (non-hydrogen) atoms. The lowest BCUT2D eigenvalue weighted by Gasteiger charge is -2.25. The summed E-state index contributed by atoms with van der Waals surface area (Å²) in [5.74, 6) is -3.44. The number of nitrogens with zero attached hydrogens (tertiary/aromatic N) is 2. The van der Waals surface area contributed by atoms with Crippen molar-refractivity contribution in [3.05, 3.63) is 35.9 Å². The zero-order chi connectivity index (χ0) is 29.4. The van der Waals surface area contributed by atoms with E-state index in [1.54, 1.807) is 24.3 Å². The number of aliphatic imine (C=N–C) groups is 2. The molecular formula is C24H40N10O5. The van der Waals surface area contributed by atoms with Gasteiger partial charge in [0, 0.05) is 19.5 Å². The van der Waals surface area contributed by atoms with Crippen molar-refractivity contribution in [3.63, 3.8) is 0 Å². The summed E-state index contributed by atoms with van der Waals surface area (Å²) >= 11 is 0. The van der Waals surface area contributed by atoms with Crippen LogP contribution in [-0.2, 0) is 25.6 Å². The minimum atomic E-state index is -1.26. The molecule has 1 aromatic rings. The van der Waals surface area contributed by atoms with Crippen molar-refractivity contribution in [2.45, 2.75) is 63.2 Å². The van der Waals surface area contributed by atoms with E-state index in [0.717, 1.165) is 5.56 Å². The maximum atomic E-state index is 13.3. The van der Waals surface area contributed by atoms with Crippen LogP contribution < -0.4 is 44.6 Å². The summed E-state index contributed by atoms with van der Waals surface area (Å²) in [5.41, 5.74) is 27.7. The number of amides is 3. The van der Waals surface area contributed by atoms with Crippen LogP contribution in [0.25, 0.3) is 0 Å². The Morgan fingerprint density at radius 2 is 1.23 bits per heavy atom. The van der Waals surface area contributed by atoms with Gasteiger partial charge in [0.2, 0.25) is 17.7 Å². The van der Waals surface area contributed by atoms with Crippen LogP contribution in [0.2, 0.25) is 0 Å². The summed E-state index contributed by atoms with van der Waals surface area (Å²) in [4.78, 5) is 58.1. The lowest BCUT2D eigenvalue weighted by molar-refractivity contribution is -0.142. The summed E-state index contributed by atoms with van der Waals surface area (Å²) in [6.45, 7) is 1.84. The minimum Gasteiger partial charge on any atom is -0.480 e. The third-order valence-electron chi connectivity index (χ3n) is 5.47. The fourth-order valence-electron chi connectivity index (χ4n) is 3.44. The van der Waals surface area contributed by atoms with Crippen molar-refractivity contribution in [1.29, 1.82) is 0 Å². The van der Waals surface area contributed by atoms with Crippen molar-refractivity contribution >= 4 is 35.6 Å². The van der Waals surface area contributed by atoms with Gasteiger partial charge in [-0.1, -0.05) is 30.3 Å². The molecule has 0 aliphatic rings. The fourth-order valence-corrected chi connectivity index (χ4v) is 3.44. The molecule has 0 fully saturated rings. The summed E-state index contributed by atoms with van der Waals surface area (Å²) in [6.07, 6.45) is 0.866. The third-order valence-corrected chi connectivity index (χ3v) is 5.47. The second-order valence-corrected chi connectivity index (χ2v) is 8.90. The fraction of sp³-hybridized carbons (Fsp3) is 0.500. The monoisotopic (exact) mass is 548 g/mol. The Labute approximate surface area is 227 Å². The second kappa shape index (κ2) is 17.2. The predicted octanol–water partition coefficient (Wildman–Crippen LogP) is -2.78. The SMILES string of the molecule is CC(N)C(=O)NC(Cc1ccccc1)C(=O)NC(CCCN=C(N)N)C(=O)NC(CCCN=C(N)N)C(=O)O. The van der Waals surface area contributed by atoms with E-state index in [-0.39, 0.29) is 44.3 Å². The highest BCUT2D eigenvalue weighted by Gasteiger charge is 2.29. The van der Waals surface area contributed by atoms with Crippen molar-refractivity contribution in [2.24, 2.45) is 38.7 Å². The molecule has 0 aliphatic carbocycles. The lowest BCUT2D eigenvalue weighted by Crippen LogP contribution is -2.57. The Balaban J connectivity index is 3.07. The third kappa shape index (κ3) is 13.6. The van der Waals surface area contributed by atoms with E-state index in [4.69, 9.17) is 28.7 Å². The molecule has 0 spiro atoms. The maximum Gasteiger partial charge on any atom is 0.326 e. The van der Waals surface area contributed by atoms with Crippen LogP contribution in [0.15, 0.2) is 40.3 Å². The number of hydrogen-bond acceptors (Lipinski definition) is 7. The number of nitrogens with one attached hydrogen (secondary N) is 3. The van der Waals surface area contributed by atoms with E-state index in [1.807, 2.05) is 6.07 Å². The average molecular weight is 549 g/mol. The number of carboxylic acid groups (broad SMARTS) is 1. The standard InChI is InChI=1S/C24H40N10O5/c1-14(25)19(35)34-18(13-15-7-3-2-4-8-15)21(37)32-16(9-5-11-30-23(26)27)20(36)33-17(22(38)39)10-6-12-31-24(28)29/h2-4,7-8,14,16-18H,5-6,9-13,25H2,1H3,(H,32,37)(H,33,36)(H,34,35)(H,38,39)(H4,26,27,30)(H4,28,29,31). The molecule has 15 nitrogen and oxygen atoms in total. The molecule has 0 saturated heterocycles. The molecule has 216 valence electrons. The summed E-state index contributed by atoms with van der Waals surface area (Å²) < 4.78 is 0. The number of nitrogens with two attached hydrogens (primary N) is 5. The smallest absolute Gasteiger partial charge is 0.326 e. The largest absolute Gasteiger partial charge is 0.480 e. The molecule has 1 aromatic carbocycles. The highest BCUT2D eigenvalue weighted by atomic mass is 16.4. The first-order chi connectivity index (χ1) is 18.4. The maximum absolute atomic E-state index is 13.3. The molecule has 0 bridgehead atoms. The number of rotatable bonds is 17. The van der Waals surface area contributed by atoms with E-state index < -0.39 is 47.9 Å². The number of carbonyl (C=O) groups is 4. The first-order valence-corrected chi connectivity index (χ1v) is 12.4. The van der Waals surface area contributed by atoms with E-state index in [9.17, 15) is 24.3 Å². The molecule has 0 aromatic heterocycles. The minimum absolute atomic E-state index is 0.0492. The molecule has 1 rings (SSSR count). The van der Waals surface area contributed by atoms with Gasteiger partial charge in [0.05, 0.1) is 6.04 Å². The number of benzene rings is 1. The second-order valence-electron chi connectivity index (χ2n) is 8.90. The Morgan fingerprint density at radius 1 is 0.769 bits per heavy atom. The molecule has 0 aliphatic heterocycles. The first-order valence-electron chi connectivity index (χ1n) is 12.4. The van der Waals surface area contributed by atoms with Gasteiger partial charge in [-0.25, -0.2) is 4.79 Å². The molecule has 15 heteroatoms. The van der Waals surface area contributed by atoms with Gasteiger partial charge < -0.3 is 49.7 Å². The van der Waals surface area contributed by atoms with Crippen molar-refractivity contribution in [2.75, 3.05) is 13.1 Å². The molecule has 14 N–H and O–H groups in total. The van der Waals surface area contributed by atoms with Crippen LogP contribution in [0.4, 0.5) is 0 Å². The highest BCUT2D eigenvalue weighted by molar-refractivity contribution is 5.94. The van der Waals surface area contributed by atoms with Crippen LogP contribution in [0.5, 0.6) is 0 Å². The molecule has 3 amide bonds. The van der Waals surface area contributed by atoms with Gasteiger partial charge >= 0.3 is 5.97 Å². The van der Waals surface area contributed by atoms with Gasteiger partial charge in [0.1, 0.15) is 18.1 Å². The quantitative estimate of drug-likeness (QED) is 0.0548. The van der Waals surface area contributed by atoms with Gasteiger partial charge in [0.25, 0.3) is 0 Å². The predicted molar refractivity (Wildman–Crippen MR) is 147 cm³/mol. The Hall–Kier alpha value is -4.40. The van der Waals surface area contributed by atoms with Crippen LogP contribution >= 0.6 is 0 Å². The van der Waals surface area contributed by atoms with Gasteiger partial charge in [-0.2, -0.15) is 0 Å². The normalized spacial score (nSPS) is 13.6. The van der Waals surface area contributed by atoms with Crippen molar-refractivity contribution in [3.8, 4) is 0 Å². The molecule has 0 saturated carbocycles. The Bertz CT molecular complexity index is 1010. The lowest BCUT2D eigenvalue weighted by atomic mass is 10.0. The Morgan fingerprint density at radius 3 is 1.72 bits per heavy atom. The zero-order valence-corrected chi connectivity index (χ0v) is 22.0. The summed E-state index contributed by atoms with van der Waals surface area (Å²) in [7, 11) is 0. The van der Waals surface area contributed by atoms with Gasteiger partial charge in [-0.3, -0.25) is 24.4 Å². The topological polar surface area (TPSA) is 279 Å². The van der Waals surface area contributed by atoms with E-state index >= 15 is 0 Å². The number of hydrogen-bond donors (Lipinski definition) is 9. The van der Waals surface area contributed by atoms with Gasteiger partial charge in [-0.05, 0) is 38.2 Å². The van der Waals surface area contributed by atoms with Crippen LogP contribution in [0, 0.1) is 0 Å². The summed E-state index contributed by atoms with van der Waals surface area (Å²) in [6, 6.07) is 4.66. The Kier molecular flexibility index (Phi) is 14.4. The highest BCUT2D eigenvalue weighted by Crippen LogP contribution is 2.07. The molecule has 0 heterocycles. The zero-order valence-electron chi connectivity index (χ0n) is 22.0. The number of guanidine groups is 2. The van der Waals surface area contributed by atoms with Gasteiger partial charge in [0.15, 0.2) is 11.9 Å². The molecule has 0 radical (unpaired) electrons. The van der Waals surface area contributed by atoms with E-state index in [1.165, 1.54) is 6.92 Å². The van der Waals surface area contributed by atoms with Gasteiger partial charge in [-0.15, -0.1) is 0 Å². The van der Waals surface area contributed by atoms with Crippen LogP contribution in [0.3, 0.4) is 0 Å². The van der Waals surface area contributed by atoms with Crippen molar-refractivity contribution < 1.29 is 24.3 Å². The van der Waals surface area contributed by atoms with Crippen LogP contribution in [-0.4, -0.2) is 78.0 Å². The first kappa shape index (κ1) is 32.6. The number of aliphatic carboxylic acids is 1. The van der Waals surface area contributed by atoms with E-state index in [2.05, 4.69) is 25.9 Å². The van der Waals surface area contributed by atoms with Crippen LogP contribution in [0.1, 0.15) is 38.2 Å². The molecule has 4 atom stereocenters. The number of carbonyl (C=O) groups excluding carboxylic acids is 3. The summed E-state index contributed by atoms with van der Waals surface area (Å²) in [5, 5.41) is 17.3. The van der Waals surface area contributed by atoms with E-state index in [0.29, 0.717) is 12.8 Å². The molecular weight excluding hydrogens is 508 g/mol. The van der Waals surface area contributed by atoms with Crippen molar-refractivity contribution in [1.82, 2.24) is 16.0 Å². The number of carboxylic acids is 1. The average Bonchev–Trinajstić information content (AvgIpc) is 2.86.